The Morgan fingerprint density at radius 3 is 2.36 bits per heavy atom. The third kappa shape index (κ3) is 3.93. The molecule has 4 amide bonds. The zero-order chi connectivity index (χ0) is 19.7. The molecule has 0 radical (unpaired) electrons. The van der Waals surface area contributed by atoms with Gasteiger partial charge in [-0.2, -0.15) is 0 Å². The Labute approximate surface area is 164 Å². The van der Waals surface area contributed by atoms with Crippen molar-refractivity contribution in [3.8, 4) is 0 Å². The molecule has 3 aliphatic rings. The molecule has 0 unspecified atom stereocenters. The van der Waals surface area contributed by atoms with Crippen molar-refractivity contribution in [3.63, 3.8) is 0 Å². The average molecular weight is 383 g/mol. The Morgan fingerprint density at radius 2 is 1.71 bits per heavy atom. The molecule has 4 rings (SSSR count). The van der Waals surface area contributed by atoms with E-state index in [4.69, 9.17) is 0 Å². The van der Waals surface area contributed by atoms with Crippen LogP contribution in [-0.2, 0) is 9.59 Å². The quantitative estimate of drug-likeness (QED) is 0.756. The van der Waals surface area contributed by atoms with Gasteiger partial charge in [-0.1, -0.05) is 12.1 Å². The number of carbonyl (C=O) groups is 4. The van der Waals surface area contributed by atoms with E-state index in [0.717, 1.165) is 37.0 Å². The normalized spacial score (nSPS) is 21.6. The van der Waals surface area contributed by atoms with Crippen molar-refractivity contribution in [3.05, 3.63) is 35.4 Å². The predicted octanol–water partition coefficient (Wildman–Crippen LogP) is 1.58. The Kier molecular flexibility index (Phi) is 5.15. The standard InChI is InChI=1S/C21H25N3O4/c25-18(22-15-8-9-15)10-7-14-4-3-11-23(12-14)19(26)13-24-20(27)16-5-1-2-6-17(16)21(24)28/h1-2,5-6,14-15H,3-4,7-13H2,(H,22,25)/t14-/m1/s1. The first-order chi connectivity index (χ1) is 13.5. The van der Waals surface area contributed by atoms with Gasteiger partial charge in [-0.05, 0) is 50.2 Å². The first-order valence-electron chi connectivity index (χ1n) is 10.1. The molecule has 1 aliphatic carbocycles. The summed E-state index contributed by atoms with van der Waals surface area (Å²) in [4.78, 5) is 52.3. The molecule has 1 N–H and O–H groups in total. The van der Waals surface area contributed by atoms with E-state index in [0.29, 0.717) is 36.7 Å². The fourth-order valence-corrected chi connectivity index (χ4v) is 4.01. The third-order valence-electron chi connectivity index (χ3n) is 5.77. The lowest BCUT2D eigenvalue weighted by Crippen LogP contribution is -2.46. The van der Waals surface area contributed by atoms with Crippen LogP contribution in [-0.4, -0.2) is 59.1 Å². The second kappa shape index (κ2) is 7.73. The second-order valence-electron chi connectivity index (χ2n) is 7.97. The van der Waals surface area contributed by atoms with Gasteiger partial charge < -0.3 is 10.2 Å². The molecule has 0 aromatic heterocycles. The first kappa shape index (κ1) is 18.7. The van der Waals surface area contributed by atoms with Crippen LogP contribution < -0.4 is 5.32 Å². The molecule has 1 saturated heterocycles. The third-order valence-corrected chi connectivity index (χ3v) is 5.77. The zero-order valence-corrected chi connectivity index (χ0v) is 15.9. The number of carbonyl (C=O) groups excluding carboxylic acids is 4. The van der Waals surface area contributed by atoms with Crippen molar-refractivity contribution in [2.24, 2.45) is 5.92 Å². The Balaban J connectivity index is 1.30. The van der Waals surface area contributed by atoms with Gasteiger partial charge in [0.25, 0.3) is 11.8 Å². The fourth-order valence-electron chi connectivity index (χ4n) is 4.01. The minimum absolute atomic E-state index is 0.0944. The van der Waals surface area contributed by atoms with E-state index in [1.54, 1.807) is 29.2 Å². The van der Waals surface area contributed by atoms with Crippen LogP contribution in [0.25, 0.3) is 0 Å². The minimum atomic E-state index is -0.403. The van der Waals surface area contributed by atoms with Gasteiger partial charge in [0.15, 0.2) is 0 Å². The topological polar surface area (TPSA) is 86.8 Å². The molecular formula is C21H25N3O4. The van der Waals surface area contributed by atoms with Gasteiger partial charge >= 0.3 is 0 Å². The minimum Gasteiger partial charge on any atom is -0.353 e. The van der Waals surface area contributed by atoms with E-state index >= 15 is 0 Å². The van der Waals surface area contributed by atoms with E-state index in [9.17, 15) is 19.2 Å². The van der Waals surface area contributed by atoms with Gasteiger partial charge in [0, 0.05) is 25.6 Å². The molecule has 0 bridgehead atoms. The number of amides is 4. The summed E-state index contributed by atoms with van der Waals surface area (Å²) in [5.74, 6) is -0.637. The van der Waals surface area contributed by atoms with Crippen molar-refractivity contribution in [1.82, 2.24) is 15.1 Å². The summed E-state index contributed by atoms with van der Waals surface area (Å²) in [6.07, 6.45) is 5.28. The zero-order valence-electron chi connectivity index (χ0n) is 15.9. The van der Waals surface area contributed by atoms with Crippen molar-refractivity contribution in [1.29, 1.82) is 0 Å². The molecule has 7 nitrogen and oxygen atoms in total. The Hall–Kier alpha value is -2.70. The summed E-state index contributed by atoms with van der Waals surface area (Å²) in [7, 11) is 0. The van der Waals surface area contributed by atoms with Gasteiger partial charge in [-0.3, -0.25) is 24.1 Å². The van der Waals surface area contributed by atoms with Crippen LogP contribution in [0.2, 0.25) is 0 Å². The van der Waals surface area contributed by atoms with Crippen molar-refractivity contribution >= 4 is 23.6 Å². The average Bonchev–Trinajstić information content (AvgIpc) is 3.49. The smallest absolute Gasteiger partial charge is 0.262 e. The van der Waals surface area contributed by atoms with Crippen LogP contribution in [0.3, 0.4) is 0 Å². The molecule has 28 heavy (non-hydrogen) atoms. The fraction of sp³-hybridized carbons (Fsp3) is 0.524. The van der Waals surface area contributed by atoms with Crippen LogP contribution in [0.4, 0.5) is 0 Å². The van der Waals surface area contributed by atoms with Gasteiger partial charge in [0.2, 0.25) is 11.8 Å². The number of nitrogens with zero attached hydrogens (tertiary/aromatic N) is 2. The van der Waals surface area contributed by atoms with Crippen molar-refractivity contribution < 1.29 is 19.2 Å². The number of benzene rings is 1. The molecule has 1 atom stereocenters. The summed E-state index contributed by atoms with van der Waals surface area (Å²) >= 11 is 0. The van der Waals surface area contributed by atoms with Crippen molar-refractivity contribution in [2.45, 2.75) is 44.6 Å². The van der Waals surface area contributed by atoms with E-state index in [1.807, 2.05) is 0 Å². The van der Waals surface area contributed by atoms with E-state index < -0.39 is 11.8 Å². The highest BCUT2D eigenvalue weighted by atomic mass is 16.2. The number of fused-ring (bicyclic) bond motifs is 1. The van der Waals surface area contributed by atoms with Crippen LogP contribution in [0.1, 0.15) is 59.2 Å². The van der Waals surface area contributed by atoms with Crippen LogP contribution in [0.5, 0.6) is 0 Å². The highest BCUT2D eigenvalue weighted by Crippen LogP contribution is 2.25. The van der Waals surface area contributed by atoms with Gasteiger partial charge in [-0.15, -0.1) is 0 Å². The molecule has 2 fully saturated rings. The molecule has 2 aliphatic heterocycles. The van der Waals surface area contributed by atoms with E-state index in [1.165, 1.54) is 0 Å². The van der Waals surface area contributed by atoms with Gasteiger partial charge in [0.05, 0.1) is 11.1 Å². The maximum atomic E-state index is 12.7. The lowest BCUT2D eigenvalue weighted by atomic mass is 9.93. The van der Waals surface area contributed by atoms with Crippen LogP contribution >= 0.6 is 0 Å². The number of rotatable bonds is 6. The molecule has 148 valence electrons. The number of nitrogens with one attached hydrogen (secondary N) is 1. The number of imide groups is 1. The highest BCUT2D eigenvalue weighted by molar-refractivity contribution is 6.22. The maximum absolute atomic E-state index is 12.7. The molecule has 2 heterocycles. The number of likely N-dealkylation sites (tertiary alicyclic amines) is 1. The summed E-state index contributed by atoms with van der Waals surface area (Å²) in [6.45, 7) is 0.993. The number of piperidine rings is 1. The molecular weight excluding hydrogens is 358 g/mol. The molecule has 1 saturated carbocycles. The first-order valence-corrected chi connectivity index (χ1v) is 10.1. The lowest BCUT2D eigenvalue weighted by molar-refractivity contribution is -0.133. The molecule has 7 heteroatoms. The Morgan fingerprint density at radius 1 is 1.04 bits per heavy atom. The summed E-state index contributed by atoms with van der Waals surface area (Å²) in [6, 6.07) is 7.03. The molecule has 1 aromatic carbocycles. The van der Waals surface area contributed by atoms with Crippen molar-refractivity contribution in [2.75, 3.05) is 19.6 Å². The Bertz CT molecular complexity index is 783. The SMILES string of the molecule is O=C(CC[C@H]1CCCN(C(=O)CN2C(=O)c3ccccc3C2=O)C1)NC1CC1. The lowest BCUT2D eigenvalue weighted by Gasteiger charge is -2.33. The predicted molar refractivity (Wildman–Crippen MR) is 102 cm³/mol. The van der Waals surface area contributed by atoms with E-state index in [2.05, 4.69) is 5.32 Å². The van der Waals surface area contributed by atoms with E-state index in [-0.39, 0.29) is 24.3 Å². The summed E-state index contributed by atoms with van der Waals surface area (Å²) in [5, 5.41) is 2.99. The number of hydrogen-bond acceptors (Lipinski definition) is 4. The maximum Gasteiger partial charge on any atom is 0.262 e. The molecule has 1 aromatic rings. The number of hydrogen-bond donors (Lipinski definition) is 1. The van der Waals surface area contributed by atoms with Crippen LogP contribution in [0, 0.1) is 5.92 Å². The highest BCUT2D eigenvalue weighted by Gasteiger charge is 2.37. The summed E-state index contributed by atoms with van der Waals surface area (Å²) < 4.78 is 0. The largest absolute Gasteiger partial charge is 0.353 e. The van der Waals surface area contributed by atoms with Crippen LogP contribution in [0.15, 0.2) is 24.3 Å². The molecule has 0 spiro atoms. The monoisotopic (exact) mass is 383 g/mol. The summed E-state index contributed by atoms with van der Waals surface area (Å²) in [5.41, 5.74) is 0.719. The van der Waals surface area contributed by atoms with Gasteiger partial charge in [0.1, 0.15) is 6.54 Å². The van der Waals surface area contributed by atoms with Gasteiger partial charge in [-0.25, -0.2) is 0 Å². The second-order valence-corrected chi connectivity index (χ2v) is 7.97.